The highest BCUT2D eigenvalue weighted by Gasteiger charge is 2.23. The number of aryl methyl sites for hydroxylation is 2. The van der Waals surface area contributed by atoms with Gasteiger partial charge in [-0.2, -0.15) is 16.4 Å². The number of nitrogens with zero attached hydrogens (tertiary/aromatic N) is 3. The van der Waals surface area contributed by atoms with Crippen LogP contribution < -0.4 is 5.73 Å². The van der Waals surface area contributed by atoms with Crippen molar-refractivity contribution in [1.29, 1.82) is 0 Å². The molecule has 2 rings (SSSR count). The maximum Gasteiger partial charge on any atom is 0.150 e. The second-order valence-electron chi connectivity index (χ2n) is 4.46. The third-order valence-electron chi connectivity index (χ3n) is 3.02. The molecular formula is C13H20N4S. The Morgan fingerprint density at radius 2 is 2.17 bits per heavy atom. The van der Waals surface area contributed by atoms with E-state index < -0.39 is 0 Å². The molecule has 4 nitrogen and oxygen atoms in total. The normalized spacial score (nSPS) is 14.7. The molecule has 2 heterocycles. The number of nitrogens with two attached hydrogens (primary N) is 1. The number of hydrogen-bond acceptors (Lipinski definition) is 4. The maximum atomic E-state index is 6.15. The van der Waals surface area contributed by atoms with E-state index in [0.717, 1.165) is 24.5 Å². The average molecular weight is 264 g/mol. The first-order valence-electron chi connectivity index (χ1n) is 6.39. The van der Waals surface area contributed by atoms with Gasteiger partial charge >= 0.3 is 0 Å². The van der Waals surface area contributed by atoms with Gasteiger partial charge in [0.1, 0.15) is 5.82 Å². The van der Waals surface area contributed by atoms with Crippen LogP contribution in [0.15, 0.2) is 16.8 Å². The summed E-state index contributed by atoms with van der Waals surface area (Å²) in [4.78, 5) is 4.56. The molecule has 0 saturated carbocycles. The summed E-state index contributed by atoms with van der Waals surface area (Å²) in [5.41, 5.74) is 7.37. The Balaban J connectivity index is 2.45. The molecule has 2 aromatic rings. The van der Waals surface area contributed by atoms with E-state index >= 15 is 0 Å². The summed E-state index contributed by atoms with van der Waals surface area (Å²) in [5, 5.41) is 8.82. The fraction of sp³-hybridized carbons (Fsp3) is 0.538. The fourth-order valence-electron chi connectivity index (χ4n) is 2.13. The molecule has 0 aromatic carbocycles. The number of thiophene rings is 1. The first-order valence-corrected chi connectivity index (χ1v) is 7.33. The predicted octanol–water partition coefficient (Wildman–Crippen LogP) is 2.40. The molecule has 0 bridgehead atoms. The van der Waals surface area contributed by atoms with Gasteiger partial charge in [-0.1, -0.05) is 13.8 Å². The Morgan fingerprint density at radius 3 is 2.67 bits per heavy atom. The van der Waals surface area contributed by atoms with E-state index in [9.17, 15) is 0 Å². The molecule has 0 radical (unpaired) electrons. The zero-order chi connectivity index (χ0) is 13.1. The van der Waals surface area contributed by atoms with Crippen LogP contribution >= 0.6 is 11.3 Å². The molecule has 5 heteroatoms. The standard InChI is InChI=1S/C13H20N4S/c1-4-11-15-12(5-2)17(16-11)13(9(3)14)10-6-7-18-8-10/h6-9,13H,4-5,14H2,1-3H3. The molecule has 18 heavy (non-hydrogen) atoms. The Kier molecular flexibility index (Phi) is 4.14. The van der Waals surface area contributed by atoms with Crippen molar-refractivity contribution in [1.82, 2.24) is 14.8 Å². The Morgan fingerprint density at radius 1 is 1.39 bits per heavy atom. The summed E-state index contributed by atoms with van der Waals surface area (Å²) in [6.45, 7) is 6.20. The summed E-state index contributed by atoms with van der Waals surface area (Å²) in [6.07, 6.45) is 1.73. The molecule has 0 spiro atoms. The van der Waals surface area contributed by atoms with Crippen LogP contribution in [0.2, 0.25) is 0 Å². The Hall–Kier alpha value is -1.20. The molecule has 2 N–H and O–H groups in total. The van der Waals surface area contributed by atoms with Gasteiger partial charge in [-0.3, -0.25) is 0 Å². The van der Waals surface area contributed by atoms with Gasteiger partial charge in [-0.15, -0.1) is 0 Å². The lowest BCUT2D eigenvalue weighted by atomic mass is 10.0. The minimum atomic E-state index is 0.0105. The zero-order valence-electron chi connectivity index (χ0n) is 11.1. The highest BCUT2D eigenvalue weighted by atomic mass is 32.1. The average Bonchev–Trinajstić information content (AvgIpc) is 2.98. The Labute approximate surface area is 112 Å². The molecule has 2 atom stereocenters. The summed E-state index contributed by atoms with van der Waals surface area (Å²) >= 11 is 1.69. The first kappa shape index (κ1) is 13.2. The second kappa shape index (κ2) is 5.63. The number of rotatable bonds is 5. The van der Waals surface area contributed by atoms with E-state index in [1.165, 1.54) is 5.56 Å². The molecule has 2 aromatic heterocycles. The molecule has 0 amide bonds. The largest absolute Gasteiger partial charge is 0.326 e. The molecule has 0 aliphatic carbocycles. The lowest BCUT2D eigenvalue weighted by molar-refractivity contribution is 0.437. The van der Waals surface area contributed by atoms with Gasteiger partial charge in [-0.05, 0) is 29.3 Å². The van der Waals surface area contributed by atoms with E-state index in [4.69, 9.17) is 5.73 Å². The molecule has 0 aliphatic heterocycles. The van der Waals surface area contributed by atoms with Crippen molar-refractivity contribution in [3.63, 3.8) is 0 Å². The smallest absolute Gasteiger partial charge is 0.150 e. The minimum Gasteiger partial charge on any atom is -0.326 e. The second-order valence-corrected chi connectivity index (χ2v) is 5.24. The third-order valence-corrected chi connectivity index (χ3v) is 3.73. The van der Waals surface area contributed by atoms with Gasteiger partial charge < -0.3 is 5.73 Å². The van der Waals surface area contributed by atoms with Crippen molar-refractivity contribution >= 4 is 11.3 Å². The van der Waals surface area contributed by atoms with Gasteiger partial charge in [0.25, 0.3) is 0 Å². The Bertz CT molecular complexity index is 487. The lowest BCUT2D eigenvalue weighted by Gasteiger charge is -2.21. The number of hydrogen-bond donors (Lipinski definition) is 1. The van der Waals surface area contributed by atoms with E-state index in [0.29, 0.717) is 0 Å². The van der Waals surface area contributed by atoms with Crippen molar-refractivity contribution in [2.75, 3.05) is 0 Å². The molecule has 0 aliphatic rings. The van der Waals surface area contributed by atoms with Crippen molar-refractivity contribution < 1.29 is 0 Å². The van der Waals surface area contributed by atoms with Crippen molar-refractivity contribution in [2.24, 2.45) is 5.73 Å². The summed E-state index contributed by atoms with van der Waals surface area (Å²) in [7, 11) is 0. The van der Waals surface area contributed by atoms with Gasteiger partial charge in [0.2, 0.25) is 0 Å². The minimum absolute atomic E-state index is 0.0105. The van der Waals surface area contributed by atoms with Gasteiger partial charge in [0.05, 0.1) is 6.04 Å². The molecule has 2 unspecified atom stereocenters. The van der Waals surface area contributed by atoms with E-state index in [-0.39, 0.29) is 12.1 Å². The van der Waals surface area contributed by atoms with Crippen molar-refractivity contribution in [3.8, 4) is 0 Å². The van der Waals surface area contributed by atoms with Gasteiger partial charge in [-0.25, -0.2) is 9.67 Å². The summed E-state index contributed by atoms with van der Waals surface area (Å²) < 4.78 is 2.01. The zero-order valence-corrected chi connectivity index (χ0v) is 11.9. The summed E-state index contributed by atoms with van der Waals surface area (Å²) in [5.74, 6) is 1.91. The van der Waals surface area contributed by atoms with Crippen LogP contribution in [0.4, 0.5) is 0 Å². The van der Waals surface area contributed by atoms with E-state index in [2.05, 4.69) is 40.8 Å². The topological polar surface area (TPSA) is 56.7 Å². The fourth-order valence-corrected chi connectivity index (χ4v) is 2.82. The molecule has 0 saturated heterocycles. The predicted molar refractivity (Wildman–Crippen MR) is 74.9 cm³/mol. The molecular weight excluding hydrogens is 244 g/mol. The molecule has 98 valence electrons. The van der Waals surface area contributed by atoms with Crippen molar-refractivity contribution in [3.05, 3.63) is 34.0 Å². The van der Waals surface area contributed by atoms with Crippen LogP contribution in [0.3, 0.4) is 0 Å². The first-order chi connectivity index (χ1) is 8.67. The SMILES string of the molecule is CCc1nc(CC)n(C(c2ccsc2)C(C)N)n1. The molecule has 0 fully saturated rings. The van der Waals surface area contributed by atoms with E-state index in [1.54, 1.807) is 11.3 Å². The van der Waals surface area contributed by atoms with E-state index in [1.807, 2.05) is 11.6 Å². The number of aromatic nitrogens is 3. The highest BCUT2D eigenvalue weighted by Crippen LogP contribution is 2.24. The van der Waals surface area contributed by atoms with Crippen LogP contribution in [0.1, 0.15) is 44.0 Å². The van der Waals surface area contributed by atoms with Gasteiger partial charge in [0, 0.05) is 18.9 Å². The van der Waals surface area contributed by atoms with Crippen LogP contribution in [0.5, 0.6) is 0 Å². The highest BCUT2D eigenvalue weighted by molar-refractivity contribution is 7.07. The third kappa shape index (κ3) is 2.47. The van der Waals surface area contributed by atoms with Crippen LogP contribution in [-0.2, 0) is 12.8 Å². The maximum absolute atomic E-state index is 6.15. The van der Waals surface area contributed by atoms with Crippen LogP contribution in [0.25, 0.3) is 0 Å². The lowest BCUT2D eigenvalue weighted by Crippen LogP contribution is -2.31. The van der Waals surface area contributed by atoms with Crippen molar-refractivity contribution in [2.45, 2.75) is 45.7 Å². The monoisotopic (exact) mass is 264 g/mol. The van der Waals surface area contributed by atoms with Crippen LogP contribution in [0, 0.1) is 0 Å². The van der Waals surface area contributed by atoms with Crippen LogP contribution in [-0.4, -0.2) is 20.8 Å². The summed E-state index contributed by atoms with van der Waals surface area (Å²) in [6, 6.07) is 2.21. The van der Waals surface area contributed by atoms with Gasteiger partial charge in [0.15, 0.2) is 5.82 Å². The quantitative estimate of drug-likeness (QED) is 0.902.